The Kier molecular flexibility index (Phi) is 4.90. The first kappa shape index (κ1) is 17.4. The maximum atomic E-state index is 6.32. The van der Waals surface area contributed by atoms with Crippen molar-refractivity contribution in [3.63, 3.8) is 0 Å². The van der Waals surface area contributed by atoms with Crippen molar-refractivity contribution in [3.05, 3.63) is 69.6 Å². The lowest BCUT2D eigenvalue weighted by Gasteiger charge is -2.31. The Labute approximate surface area is 166 Å². The van der Waals surface area contributed by atoms with Gasteiger partial charge in [0.2, 0.25) is 0 Å². The van der Waals surface area contributed by atoms with Gasteiger partial charge in [-0.1, -0.05) is 34.8 Å². The van der Waals surface area contributed by atoms with E-state index >= 15 is 0 Å². The number of rotatable bonds is 3. The number of nitrogens with one attached hydrogen (secondary N) is 1. The van der Waals surface area contributed by atoms with Gasteiger partial charge in [-0.05, 0) is 42.0 Å². The second-order valence-electron chi connectivity index (χ2n) is 6.05. The molecule has 0 spiro atoms. The molecule has 1 aliphatic heterocycles. The van der Waals surface area contributed by atoms with E-state index in [0.717, 1.165) is 41.3 Å². The smallest absolute Gasteiger partial charge is 0.152 e. The molecule has 1 N–H and O–H groups in total. The second kappa shape index (κ2) is 7.31. The van der Waals surface area contributed by atoms with Crippen molar-refractivity contribution in [2.75, 3.05) is 23.3 Å². The average molecular weight is 406 g/mol. The molecule has 2 aromatic heterocycles. The van der Waals surface area contributed by atoms with Crippen molar-refractivity contribution in [3.8, 4) is 11.1 Å². The Hall–Kier alpha value is -2.01. The van der Waals surface area contributed by atoms with Gasteiger partial charge in [0.15, 0.2) is 5.82 Å². The number of anilines is 2. The van der Waals surface area contributed by atoms with Crippen molar-refractivity contribution in [1.29, 1.82) is 0 Å². The van der Waals surface area contributed by atoms with Crippen LogP contribution in [-0.2, 0) is 6.54 Å². The minimum Gasteiger partial charge on any atom is -0.380 e. The molecule has 0 fully saturated rings. The Morgan fingerprint density at radius 3 is 2.62 bits per heavy atom. The van der Waals surface area contributed by atoms with Crippen LogP contribution in [0.5, 0.6) is 0 Å². The second-order valence-corrected chi connectivity index (χ2v) is 7.28. The van der Waals surface area contributed by atoms with E-state index in [-0.39, 0.29) is 0 Å². The molecule has 0 unspecified atom stereocenters. The van der Waals surface area contributed by atoms with Crippen molar-refractivity contribution < 1.29 is 0 Å². The highest BCUT2D eigenvalue weighted by Crippen LogP contribution is 2.33. The molecule has 1 aliphatic rings. The minimum absolute atomic E-state index is 0.474. The Morgan fingerprint density at radius 1 is 0.962 bits per heavy atom. The van der Waals surface area contributed by atoms with Gasteiger partial charge >= 0.3 is 0 Å². The molecule has 7 heteroatoms. The first-order valence-corrected chi connectivity index (χ1v) is 9.28. The molecule has 132 valence electrons. The number of halogens is 3. The number of pyridine rings is 2. The predicted octanol–water partition coefficient (Wildman–Crippen LogP) is 5.54. The van der Waals surface area contributed by atoms with Gasteiger partial charge in [0.25, 0.3) is 0 Å². The molecular weight excluding hydrogens is 391 g/mol. The summed E-state index contributed by atoms with van der Waals surface area (Å²) in [6.07, 6.45) is 3.60. The Balaban J connectivity index is 1.64. The van der Waals surface area contributed by atoms with Gasteiger partial charge in [-0.15, -0.1) is 0 Å². The highest BCUT2D eigenvalue weighted by Gasteiger charge is 2.20. The van der Waals surface area contributed by atoms with Crippen molar-refractivity contribution in [1.82, 2.24) is 9.97 Å². The van der Waals surface area contributed by atoms with Gasteiger partial charge in [-0.2, -0.15) is 0 Å². The van der Waals surface area contributed by atoms with Crippen LogP contribution in [0.4, 0.5) is 11.5 Å². The molecule has 3 heterocycles. The fourth-order valence-corrected chi connectivity index (χ4v) is 3.48. The van der Waals surface area contributed by atoms with E-state index in [2.05, 4.69) is 26.3 Å². The summed E-state index contributed by atoms with van der Waals surface area (Å²) in [7, 11) is 0. The van der Waals surface area contributed by atoms with Gasteiger partial charge in [-0.3, -0.25) is 0 Å². The van der Waals surface area contributed by atoms with Crippen LogP contribution >= 0.6 is 34.8 Å². The molecule has 1 aromatic carbocycles. The summed E-state index contributed by atoms with van der Waals surface area (Å²) >= 11 is 18.3. The third-order valence-electron chi connectivity index (χ3n) is 4.29. The lowest BCUT2D eigenvalue weighted by Crippen LogP contribution is -2.34. The molecule has 4 nitrogen and oxygen atoms in total. The molecule has 0 radical (unpaired) electrons. The zero-order valence-corrected chi connectivity index (χ0v) is 16.0. The molecular formula is C19H15Cl3N4. The number of hydrogen-bond donors (Lipinski definition) is 1. The van der Waals surface area contributed by atoms with E-state index < -0.39 is 0 Å². The summed E-state index contributed by atoms with van der Waals surface area (Å²) in [6, 6.07) is 11.3. The summed E-state index contributed by atoms with van der Waals surface area (Å²) in [5, 5.41) is 5.28. The number of hydrogen-bond acceptors (Lipinski definition) is 4. The van der Waals surface area contributed by atoms with Gasteiger partial charge in [0, 0.05) is 53.2 Å². The normalized spacial score (nSPS) is 13.3. The van der Waals surface area contributed by atoms with Crippen LogP contribution in [0, 0.1) is 0 Å². The molecule has 26 heavy (non-hydrogen) atoms. The van der Waals surface area contributed by atoms with E-state index in [1.165, 1.54) is 0 Å². The lowest BCUT2D eigenvalue weighted by molar-refractivity contribution is 0.771. The third-order valence-corrected chi connectivity index (χ3v) is 5.12. The zero-order chi connectivity index (χ0) is 18.1. The molecule has 0 saturated carbocycles. The van der Waals surface area contributed by atoms with Crippen LogP contribution in [0.25, 0.3) is 11.1 Å². The van der Waals surface area contributed by atoms with Crippen molar-refractivity contribution in [2.45, 2.75) is 6.54 Å². The molecule has 3 aromatic rings. The van der Waals surface area contributed by atoms with Crippen molar-refractivity contribution >= 4 is 46.3 Å². The van der Waals surface area contributed by atoms with E-state index in [4.69, 9.17) is 34.8 Å². The predicted molar refractivity (Wildman–Crippen MR) is 108 cm³/mol. The zero-order valence-electron chi connectivity index (χ0n) is 13.7. The average Bonchev–Trinajstić information content (AvgIpc) is 2.65. The van der Waals surface area contributed by atoms with Crippen molar-refractivity contribution in [2.24, 2.45) is 0 Å². The maximum absolute atomic E-state index is 6.32. The van der Waals surface area contributed by atoms with Crippen LogP contribution < -0.4 is 10.2 Å². The first-order valence-electron chi connectivity index (χ1n) is 8.15. The first-order chi connectivity index (χ1) is 12.6. The standard InChI is InChI=1S/C19H15Cl3N4/c20-15-2-3-16(21)14(7-15)11-26-6-5-23-17-8-13(10-25-19(17)26)12-1-4-18(22)24-9-12/h1-4,7-10,23H,5-6,11H2. The molecule has 4 rings (SSSR count). The summed E-state index contributed by atoms with van der Waals surface area (Å²) in [4.78, 5) is 11.0. The number of nitrogens with zero attached hydrogens (tertiary/aromatic N) is 3. The summed E-state index contributed by atoms with van der Waals surface area (Å²) in [5.74, 6) is 0.901. The van der Waals surface area contributed by atoms with Gasteiger partial charge in [0.1, 0.15) is 5.15 Å². The number of fused-ring (bicyclic) bond motifs is 1. The Bertz CT molecular complexity index is 944. The highest BCUT2D eigenvalue weighted by atomic mass is 35.5. The quantitative estimate of drug-likeness (QED) is 0.581. The topological polar surface area (TPSA) is 41.0 Å². The van der Waals surface area contributed by atoms with E-state index in [1.807, 2.05) is 24.4 Å². The van der Waals surface area contributed by atoms with Crippen LogP contribution in [0.2, 0.25) is 15.2 Å². The minimum atomic E-state index is 0.474. The maximum Gasteiger partial charge on any atom is 0.152 e. The van der Waals surface area contributed by atoms with E-state index in [1.54, 1.807) is 18.3 Å². The van der Waals surface area contributed by atoms with Gasteiger partial charge in [-0.25, -0.2) is 9.97 Å². The third kappa shape index (κ3) is 3.58. The van der Waals surface area contributed by atoms with Crippen LogP contribution in [0.1, 0.15) is 5.56 Å². The molecule has 0 saturated heterocycles. The van der Waals surface area contributed by atoms with Crippen LogP contribution in [0.15, 0.2) is 48.8 Å². The SMILES string of the molecule is Clc1ccc(Cl)c(CN2CCNc3cc(-c4ccc(Cl)nc4)cnc32)c1. The van der Waals surface area contributed by atoms with Crippen LogP contribution in [0.3, 0.4) is 0 Å². The molecule has 0 aliphatic carbocycles. The van der Waals surface area contributed by atoms with E-state index in [9.17, 15) is 0 Å². The monoisotopic (exact) mass is 404 g/mol. The number of aromatic nitrogens is 2. The number of benzene rings is 1. The Morgan fingerprint density at radius 2 is 1.81 bits per heavy atom. The highest BCUT2D eigenvalue weighted by molar-refractivity contribution is 6.33. The summed E-state index contributed by atoms with van der Waals surface area (Å²) in [6.45, 7) is 2.32. The van der Waals surface area contributed by atoms with Crippen LogP contribution in [-0.4, -0.2) is 23.1 Å². The lowest BCUT2D eigenvalue weighted by atomic mass is 10.1. The largest absolute Gasteiger partial charge is 0.380 e. The molecule has 0 bridgehead atoms. The van der Waals surface area contributed by atoms with Gasteiger partial charge in [0.05, 0.1) is 5.69 Å². The summed E-state index contributed by atoms with van der Waals surface area (Å²) in [5.41, 5.74) is 3.94. The van der Waals surface area contributed by atoms with E-state index in [0.29, 0.717) is 21.7 Å². The molecule has 0 amide bonds. The fourth-order valence-electron chi connectivity index (χ4n) is 3.00. The summed E-state index contributed by atoms with van der Waals surface area (Å²) < 4.78 is 0. The fraction of sp³-hybridized carbons (Fsp3) is 0.158. The van der Waals surface area contributed by atoms with Gasteiger partial charge < -0.3 is 10.2 Å². The molecule has 0 atom stereocenters.